The molecule has 0 bridgehead atoms. The zero-order valence-electron chi connectivity index (χ0n) is 13.2. The minimum absolute atomic E-state index is 0.0348. The normalized spacial score (nSPS) is 22.0. The van der Waals surface area contributed by atoms with Gasteiger partial charge in [0.1, 0.15) is 0 Å². The predicted molar refractivity (Wildman–Crippen MR) is 86.9 cm³/mol. The van der Waals surface area contributed by atoms with Crippen LogP contribution in [0, 0.1) is 6.92 Å². The van der Waals surface area contributed by atoms with E-state index in [0.29, 0.717) is 26.1 Å². The molecule has 0 unspecified atom stereocenters. The summed E-state index contributed by atoms with van der Waals surface area (Å²) in [5.41, 5.74) is 1.59. The van der Waals surface area contributed by atoms with Crippen LogP contribution in [0.25, 0.3) is 0 Å². The summed E-state index contributed by atoms with van der Waals surface area (Å²) in [5.74, 6) is 0.0974. The molecule has 0 aromatic heterocycles. The van der Waals surface area contributed by atoms with Crippen molar-refractivity contribution in [1.29, 1.82) is 0 Å². The van der Waals surface area contributed by atoms with Crippen molar-refractivity contribution in [2.75, 3.05) is 24.6 Å². The fourth-order valence-corrected chi connectivity index (χ4v) is 4.24. The van der Waals surface area contributed by atoms with Gasteiger partial charge >= 0.3 is 0 Å². The first-order chi connectivity index (χ1) is 11.0. The molecule has 126 valence electrons. The van der Waals surface area contributed by atoms with Crippen LogP contribution >= 0.6 is 0 Å². The van der Waals surface area contributed by atoms with Gasteiger partial charge in [0.2, 0.25) is 15.9 Å². The number of amides is 1. The van der Waals surface area contributed by atoms with E-state index in [1.165, 1.54) is 0 Å². The number of hydrogen-bond donors (Lipinski definition) is 1. The van der Waals surface area contributed by atoms with Gasteiger partial charge in [-0.3, -0.25) is 4.79 Å². The van der Waals surface area contributed by atoms with Crippen LogP contribution in [0.1, 0.15) is 31.2 Å². The van der Waals surface area contributed by atoms with Gasteiger partial charge in [0.25, 0.3) is 0 Å². The van der Waals surface area contributed by atoms with Crippen LogP contribution in [0.4, 0.5) is 5.69 Å². The average Bonchev–Trinajstić information content (AvgIpc) is 3.17. The lowest BCUT2D eigenvalue weighted by Crippen LogP contribution is -2.32. The molecule has 2 heterocycles. The van der Waals surface area contributed by atoms with Gasteiger partial charge in [-0.05, 0) is 49.9 Å². The summed E-state index contributed by atoms with van der Waals surface area (Å²) in [5, 5.41) is 0. The maximum Gasteiger partial charge on any atom is 0.240 e. The van der Waals surface area contributed by atoms with Crippen LogP contribution in [0.15, 0.2) is 23.1 Å². The molecular formula is C16H22N2O4S. The summed E-state index contributed by atoms with van der Waals surface area (Å²) < 4.78 is 32.8. The van der Waals surface area contributed by atoms with Gasteiger partial charge in [0.05, 0.1) is 11.0 Å². The Labute approximate surface area is 136 Å². The van der Waals surface area contributed by atoms with E-state index in [0.717, 1.165) is 30.5 Å². The molecular weight excluding hydrogens is 316 g/mol. The summed E-state index contributed by atoms with van der Waals surface area (Å²) in [6.07, 6.45) is 3.23. The molecule has 1 aromatic carbocycles. The molecule has 1 N–H and O–H groups in total. The van der Waals surface area contributed by atoms with E-state index < -0.39 is 10.0 Å². The minimum atomic E-state index is -3.56. The minimum Gasteiger partial charge on any atom is -0.377 e. The topological polar surface area (TPSA) is 75.7 Å². The molecule has 0 aliphatic carbocycles. The van der Waals surface area contributed by atoms with Gasteiger partial charge < -0.3 is 9.64 Å². The summed E-state index contributed by atoms with van der Waals surface area (Å²) >= 11 is 0. The second-order valence-corrected chi connectivity index (χ2v) is 7.85. The van der Waals surface area contributed by atoms with Gasteiger partial charge in [-0.2, -0.15) is 0 Å². The second-order valence-electron chi connectivity index (χ2n) is 6.08. The first-order valence-corrected chi connectivity index (χ1v) is 9.48. The van der Waals surface area contributed by atoms with E-state index in [-0.39, 0.29) is 16.9 Å². The molecule has 23 heavy (non-hydrogen) atoms. The van der Waals surface area contributed by atoms with Crippen molar-refractivity contribution in [2.45, 2.75) is 43.6 Å². The van der Waals surface area contributed by atoms with E-state index in [9.17, 15) is 13.2 Å². The maximum absolute atomic E-state index is 12.4. The third kappa shape index (κ3) is 3.57. The van der Waals surface area contributed by atoms with Crippen molar-refractivity contribution in [1.82, 2.24) is 4.72 Å². The van der Waals surface area contributed by atoms with Gasteiger partial charge in [-0.15, -0.1) is 0 Å². The standard InChI is InChI=1S/C16H22N2O4S/c1-12-10-14(6-7-15(12)18-8-2-5-16(18)19)23(20,21)17-11-13-4-3-9-22-13/h6-7,10,13,17H,2-5,8-9,11H2,1H3/t13-/m0/s1. The van der Waals surface area contributed by atoms with Crippen LogP contribution in [0.2, 0.25) is 0 Å². The lowest BCUT2D eigenvalue weighted by Gasteiger charge is -2.19. The molecule has 0 saturated carbocycles. The van der Waals surface area contributed by atoms with Crippen LogP contribution in [-0.2, 0) is 19.6 Å². The zero-order chi connectivity index (χ0) is 16.4. The maximum atomic E-state index is 12.4. The Morgan fingerprint density at radius 3 is 2.78 bits per heavy atom. The molecule has 0 radical (unpaired) electrons. The first-order valence-electron chi connectivity index (χ1n) is 8.00. The summed E-state index contributed by atoms with van der Waals surface area (Å²) in [6.45, 7) is 3.53. The highest BCUT2D eigenvalue weighted by Crippen LogP contribution is 2.27. The Hall–Kier alpha value is -1.44. The molecule has 2 aliphatic rings. The molecule has 2 aliphatic heterocycles. The number of carbonyl (C=O) groups excluding carboxylic acids is 1. The quantitative estimate of drug-likeness (QED) is 0.884. The van der Waals surface area contributed by atoms with Crippen molar-refractivity contribution < 1.29 is 17.9 Å². The number of sulfonamides is 1. The number of nitrogens with one attached hydrogen (secondary N) is 1. The molecule has 0 spiro atoms. The number of rotatable bonds is 5. The first kappa shape index (κ1) is 16.4. The van der Waals surface area contributed by atoms with Crippen LogP contribution in [0.3, 0.4) is 0 Å². The third-order valence-corrected chi connectivity index (χ3v) is 5.79. The molecule has 6 nitrogen and oxygen atoms in total. The number of aryl methyl sites for hydroxylation is 1. The van der Waals surface area contributed by atoms with Crippen LogP contribution in [0.5, 0.6) is 0 Å². The highest BCUT2D eigenvalue weighted by Gasteiger charge is 2.25. The number of carbonyl (C=O) groups is 1. The van der Waals surface area contributed by atoms with Gasteiger partial charge in [0.15, 0.2) is 0 Å². The number of nitrogens with zero attached hydrogens (tertiary/aromatic N) is 1. The Kier molecular flexibility index (Phi) is 4.70. The monoisotopic (exact) mass is 338 g/mol. The second kappa shape index (κ2) is 6.59. The van der Waals surface area contributed by atoms with E-state index >= 15 is 0 Å². The van der Waals surface area contributed by atoms with E-state index in [1.807, 2.05) is 6.92 Å². The van der Waals surface area contributed by atoms with Gasteiger partial charge in [-0.25, -0.2) is 13.1 Å². The van der Waals surface area contributed by atoms with Crippen molar-refractivity contribution in [3.05, 3.63) is 23.8 Å². The average molecular weight is 338 g/mol. The van der Waals surface area contributed by atoms with Crippen LogP contribution in [-0.4, -0.2) is 40.1 Å². The van der Waals surface area contributed by atoms with Crippen molar-refractivity contribution >= 4 is 21.6 Å². The lowest BCUT2D eigenvalue weighted by atomic mass is 10.2. The molecule has 1 amide bonds. The van der Waals surface area contributed by atoms with E-state index in [2.05, 4.69) is 4.72 Å². The fraction of sp³-hybridized carbons (Fsp3) is 0.562. The molecule has 2 saturated heterocycles. The van der Waals surface area contributed by atoms with Gasteiger partial charge in [-0.1, -0.05) is 0 Å². The van der Waals surface area contributed by atoms with E-state index in [4.69, 9.17) is 4.74 Å². The number of anilines is 1. The van der Waals surface area contributed by atoms with Crippen LogP contribution < -0.4 is 9.62 Å². The Morgan fingerprint density at radius 2 is 2.17 bits per heavy atom. The molecule has 2 fully saturated rings. The van der Waals surface area contributed by atoms with Gasteiger partial charge in [0, 0.05) is 31.8 Å². The zero-order valence-corrected chi connectivity index (χ0v) is 14.1. The third-order valence-electron chi connectivity index (χ3n) is 4.37. The SMILES string of the molecule is Cc1cc(S(=O)(=O)NC[C@@H]2CCCO2)ccc1N1CCCC1=O. The van der Waals surface area contributed by atoms with Crippen molar-refractivity contribution in [3.8, 4) is 0 Å². The number of hydrogen-bond acceptors (Lipinski definition) is 4. The molecule has 7 heteroatoms. The number of ether oxygens (including phenoxy) is 1. The Balaban J connectivity index is 1.74. The molecule has 1 aromatic rings. The lowest BCUT2D eigenvalue weighted by molar-refractivity contribution is -0.117. The van der Waals surface area contributed by atoms with Crippen molar-refractivity contribution in [3.63, 3.8) is 0 Å². The molecule has 3 rings (SSSR count). The Morgan fingerprint density at radius 1 is 1.35 bits per heavy atom. The summed E-state index contributed by atoms with van der Waals surface area (Å²) in [6, 6.07) is 4.91. The van der Waals surface area contributed by atoms with Crippen molar-refractivity contribution in [2.24, 2.45) is 0 Å². The summed E-state index contributed by atoms with van der Waals surface area (Å²) in [7, 11) is -3.56. The highest BCUT2D eigenvalue weighted by atomic mass is 32.2. The smallest absolute Gasteiger partial charge is 0.240 e. The Bertz CT molecular complexity index is 696. The number of benzene rings is 1. The molecule has 1 atom stereocenters. The largest absolute Gasteiger partial charge is 0.377 e. The van der Waals surface area contributed by atoms with E-state index in [1.54, 1.807) is 23.1 Å². The predicted octanol–water partition coefficient (Wildman–Crippen LogP) is 1.58. The fourth-order valence-electron chi connectivity index (χ4n) is 3.09. The highest BCUT2D eigenvalue weighted by molar-refractivity contribution is 7.89. The summed E-state index contributed by atoms with van der Waals surface area (Å²) in [4.78, 5) is 13.8.